The summed E-state index contributed by atoms with van der Waals surface area (Å²) < 4.78 is 20.9. The lowest BCUT2D eigenvalue weighted by atomic mass is 9.77. The minimum atomic E-state index is -2.22. The van der Waals surface area contributed by atoms with Crippen molar-refractivity contribution in [2.45, 2.75) is 18.2 Å². The van der Waals surface area contributed by atoms with E-state index in [2.05, 4.69) is 0 Å². The van der Waals surface area contributed by atoms with Crippen molar-refractivity contribution < 1.29 is 28.3 Å². The summed E-state index contributed by atoms with van der Waals surface area (Å²) >= 11 is 5.95. The Balaban J connectivity index is 1.49. The van der Waals surface area contributed by atoms with E-state index < -0.39 is 52.7 Å². The zero-order chi connectivity index (χ0) is 24.5. The van der Waals surface area contributed by atoms with Crippen LogP contribution in [-0.2, 0) is 20.9 Å². The van der Waals surface area contributed by atoms with Gasteiger partial charge in [-0.3, -0.25) is 24.1 Å². The van der Waals surface area contributed by atoms with Crippen LogP contribution in [0.15, 0.2) is 72.8 Å². The van der Waals surface area contributed by atoms with E-state index in [-0.39, 0.29) is 23.2 Å². The third kappa shape index (κ3) is 2.92. The minimum Gasteiger partial charge on any atom is -0.349 e. The lowest BCUT2D eigenvalue weighted by Gasteiger charge is -2.27. The second-order valence-electron chi connectivity index (χ2n) is 8.89. The molecule has 2 heterocycles. The molecule has 3 aliphatic rings. The van der Waals surface area contributed by atoms with E-state index in [1.165, 1.54) is 30.3 Å². The lowest BCUT2D eigenvalue weighted by Crippen LogP contribution is -2.50. The van der Waals surface area contributed by atoms with E-state index in [1.807, 2.05) is 0 Å². The topological polar surface area (TPSA) is 80.8 Å². The predicted octanol–water partition coefficient (Wildman–Crippen LogP) is 4.17. The molecule has 1 aliphatic carbocycles. The molecular formula is C27H17ClFNO5. The molecule has 35 heavy (non-hydrogen) atoms. The van der Waals surface area contributed by atoms with Crippen LogP contribution in [0.4, 0.5) is 4.39 Å². The molecule has 0 bridgehead atoms. The zero-order valence-corrected chi connectivity index (χ0v) is 18.9. The number of nitrogens with zero attached hydrogens (tertiary/aromatic N) is 1. The van der Waals surface area contributed by atoms with Gasteiger partial charge >= 0.3 is 0 Å². The molecule has 1 spiro atoms. The Hall–Kier alpha value is -3.68. The molecule has 6 rings (SSSR count). The van der Waals surface area contributed by atoms with Gasteiger partial charge in [-0.25, -0.2) is 4.39 Å². The van der Waals surface area contributed by atoms with Crippen LogP contribution in [0.25, 0.3) is 0 Å². The average molecular weight is 490 g/mol. The van der Waals surface area contributed by atoms with E-state index >= 15 is 0 Å². The molecule has 6 nitrogen and oxygen atoms in total. The molecule has 2 amide bonds. The average Bonchev–Trinajstić information content (AvgIpc) is 3.42. The third-order valence-electron chi connectivity index (χ3n) is 7.08. The lowest BCUT2D eigenvalue weighted by molar-refractivity contribution is -0.145. The van der Waals surface area contributed by atoms with Crippen LogP contribution in [0.5, 0.6) is 0 Å². The van der Waals surface area contributed by atoms with Gasteiger partial charge in [0.25, 0.3) is 0 Å². The first-order valence-corrected chi connectivity index (χ1v) is 11.4. The number of ketones is 2. The van der Waals surface area contributed by atoms with Gasteiger partial charge in [-0.2, -0.15) is 0 Å². The van der Waals surface area contributed by atoms with Gasteiger partial charge in [0.05, 0.1) is 24.5 Å². The summed E-state index contributed by atoms with van der Waals surface area (Å²) in [5, 5.41) is 0.497. The van der Waals surface area contributed by atoms with Crippen molar-refractivity contribution in [1.82, 2.24) is 4.90 Å². The van der Waals surface area contributed by atoms with Crippen molar-refractivity contribution in [3.05, 3.63) is 106 Å². The fraction of sp³-hybridized carbons (Fsp3) is 0.185. The second-order valence-corrected chi connectivity index (χ2v) is 9.33. The standard InChI is InChI=1S/C27H17ClFNO5/c28-15-11-9-14(10-12-15)13-30-25(33)20-21(26(30)34)27(35-22(20)18-7-3-4-8-19(18)29)23(31)16-5-1-2-6-17(16)24(27)32/h1-12,20-22H,13H2/t20-,21+,22-/m0/s1. The number of halogens is 2. The summed E-state index contributed by atoms with van der Waals surface area (Å²) in [4.78, 5) is 55.7. The number of hydrogen-bond donors (Lipinski definition) is 0. The Morgan fingerprint density at radius 2 is 1.43 bits per heavy atom. The third-order valence-corrected chi connectivity index (χ3v) is 7.33. The molecule has 174 valence electrons. The molecule has 2 aliphatic heterocycles. The van der Waals surface area contributed by atoms with Crippen LogP contribution in [0, 0.1) is 17.7 Å². The van der Waals surface area contributed by atoms with Crippen molar-refractivity contribution in [2.24, 2.45) is 11.8 Å². The summed E-state index contributed by atoms with van der Waals surface area (Å²) in [6, 6.07) is 18.5. The van der Waals surface area contributed by atoms with E-state index in [9.17, 15) is 23.6 Å². The molecule has 0 radical (unpaired) electrons. The quantitative estimate of drug-likeness (QED) is 0.407. The molecule has 0 aromatic heterocycles. The van der Waals surface area contributed by atoms with Crippen LogP contribution in [0.1, 0.15) is 37.9 Å². The summed E-state index contributed by atoms with van der Waals surface area (Å²) in [6.07, 6.45) is -1.28. The maximum absolute atomic E-state index is 14.9. The predicted molar refractivity (Wildman–Crippen MR) is 122 cm³/mol. The fourth-order valence-corrected chi connectivity index (χ4v) is 5.62. The number of fused-ring (bicyclic) bond motifs is 3. The normalized spacial score (nSPS) is 24.4. The summed E-state index contributed by atoms with van der Waals surface area (Å²) in [5.41, 5.74) is -1.31. The first-order chi connectivity index (χ1) is 16.8. The molecule has 2 fully saturated rings. The Morgan fingerprint density at radius 1 is 0.829 bits per heavy atom. The summed E-state index contributed by atoms with van der Waals surface area (Å²) in [6.45, 7) is -0.0722. The SMILES string of the molecule is O=C1[C@@H]2[C@H](c3ccccc3F)OC3(C(=O)c4ccccc4C3=O)[C@H]2C(=O)N1Cc1ccc(Cl)cc1. The van der Waals surface area contributed by atoms with Gasteiger partial charge in [-0.1, -0.05) is 66.2 Å². The minimum absolute atomic E-state index is 0.0189. The highest BCUT2D eigenvalue weighted by Crippen LogP contribution is 2.57. The molecule has 0 unspecified atom stereocenters. The maximum atomic E-state index is 14.9. The molecule has 0 saturated carbocycles. The largest absolute Gasteiger partial charge is 0.349 e. The van der Waals surface area contributed by atoms with Crippen LogP contribution in [-0.4, -0.2) is 33.9 Å². The first kappa shape index (κ1) is 21.8. The monoisotopic (exact) mass is 489 g/mol. The van der Waals surface area contributed by atoms with Crippen molar-refractivity contribution >= 4 is 35.0 Å². The highest BCUT2D eigenvalue weighted by molar-refractivity contribution is 6.35. The number of benzene rings is 3. The highest BCUT2D eigenvalue weighted by atomic mass is 35.5. The Kier molecular flexibility index (Phi) is 4.78. The van der Waals surface area contributed by atoms with Crippen LogP contribution in [0.2, 0.25) is 5.02 Å². The number of carbonyl (C=O) groups excluding carboxylic acids is 4. The van der Waals surface area contributed by atoms with Crippen molar-refractivity contribution in [3.63, 3.8) is 0 Å². The number of imide groups is 1. The van der Waals surface area contributed by atoms with Crippen LogP contribution < -0.4 is 0 Å². The van der Waals surface area contributed by atoms with E-state index in [0.717, 1.165) is 4.90 Å². The first-order valence-electron chi connectivity index (χ1n) is 11.0. The number of hydrogen-bond acceptors (Lipinski definition) is 5. The van der Waals surface area contributed by atoms with E-state index in [1.54, 1.807) is 42.5 Å². The second kappa shape index (κ2) is 7.66. The van der Waals surface area contributed by atoms with E-state index in [0.29, 0.717) is 10.6 Å². The maximum Gasteiger partial charge on any atom is 0.237 e. The van der Waals surface area contributed by atoms with Crippen LogP contribution >= 0.6 is 11.6 Å². The number of rotatable bonds is 3. The van der Waals surface area contributed by atoms with Gasteiger partial charge in [0.15, 0.2) is 0 Å². The smallest absolute Gasteiger partial charge is 0.237 e. The molecule has 3 atom stereocenters. The number of likely N-dealkylation sites (tertiary alicyclic amines) is 1. The van der Waals surface area contributed by atoms with Gasteiger partial charge in [-0.15, -0.1) is 0 Å². The molecule has 2 saturated heterocycles. The Labute approximate surface area is 204 Å². The Morgan fingerprint density at radius 3 is 2.06 bits per heavy atom. The van der Waals surface area contributed by atoms with Crippen molar-refractivity contribution in [1.29, 1.82) is 0 Å². The van der Waals surface area contributed by atoms with Gasteiger partial charge in [0.1, 0.15) is 5.82 Å². The fourth-order valence-electron chi connectivity index (χ4n) is 5.49. The van der Waals surface area contributed by atoms with E-state index in [4.69, 9.17) is 16.3 Å². The van der Waals surface area contributed by atoms with Gasteiger partial charge < -0.3 is 4.74 Å². The molecular weight excluding hydrogens is 473 g/mol. The van der Waals surface area contributed by atoms with Crippen molar-refractivity contribution in [3.8, 4) is 0 Å². The number of Topliss-reactive ketones (excluding diaryl/α,β-unsaturated/α-hetero) is 2. The van der Waals surface area contributed by atoms with Gasteiger partial charge in [0.2, 0.25) is 29.0 Å². The van der Waals surface area contributed by atoms with Crippen molar-refractivity contribution in [2.75, 3.05) is 0 Å². The molecule has 0 N–H and O–H groups in total. The molecule has 8 heteroatoms. The molecule has 3 aromatic carbocycles. The van der Waals surface area contributed by atoms with Gasteiger partial charge in [0, 0.05) is 21.7 Å². The number of ether oxygens (including phenoxy) is 1. The number of carbonyl (C=O) groups is 4. The molecule has 3 aromatic rings. The van der Waals surface area contributed by atoms with Gasteiger partial charge in [-0.05, 0) is 23.8 Å². The Bertz CT molecular complexity index is 1400. The summed E-state index contributed by atoms with van der Waals surface area (Å²) in [5.74, 6) is -5.95. The zero-order valence-electron chi connectivity index (χ0n) is 18.1. The van der Waals surface area contributed by atoms with Crippen LogP contribution in [0.3, 0.4) is 0 Å². The highest BCUT2D eigenvalue weighted by Gasteiger charge is 2.74. The number of amides is 2. The summed E-state index contributed by atoms with van der Waals surface area (Å²) in [7, 11) is 0.